The Hall–Kier alpha value is -2.60. The summed E-state index contributed by atoms with van der Waals surface area (Å²) in [6.07, 6.45) is 1.31. The van der Waals surface area contributed by atoms with E-state index in [0.29, 0.717) is 22.9 Å². The van der Waals surface area contributed by atoms with E-state index in [2.05, 4.69) is 4.98 Å². The number of aliphatic hydroxyl groups excluding tert-OH is 1. The Morgan fingerprint density at radius 1 is 1.03 bits per heavy atom. The molecule has 0 spiro atoms. The fourth-order valence-electron chi connectivity index (χ4n) is 3.88. The summed E-state index contributed by atoms with van der Waals surface area (Å²) in [7, 11) is 3.22. The minimum atomic E-state index is -0.473. The van der Waals surface area contributed by atoms with E-state index in [1.54, 1.807) is 20.4 Å². The van der Waals surface area contributed by atoms with Crippen LogP contribution in [0.15, 0.2) is 54.7 Å². The smallest absolute Gasteiger partial charge is 0.166 e. The standard InChI is InChI=1S/C23H22ClNO4/c1-27-20-7-3-5-17(23(20)28-2)22-18-13-14(24)8-9-15(18)16-6-4-11-25-21(16)19(29-22)10-12-26/h3-9,11,13,19,22,26H,10,12H2,1-2H3/t19-,22+/m0/s1. The number of fused-ring (bicyclic) bond motifs is 3. The fraction of sp³-hybridized carbons (Fsp3) is 0.261. The number of rotatable bonds is 5. The third kappa shape index (κ3) is 3.57. The van der Waals surface area contributed by atoms with Gasteiger partial charge in [-0.25, -0.2) is 0 Å². The first-order valence-corrected chi connectivity index (χ1v) is 9.77. The van der Waals surface area contributed by atoms with Crippen LogP contribution in [-0.4, -0.2) is 30.9 Å². The second-order valence-corrected chi connectivity index (χ2v) is 7.20. The summed E-state index contributed by atoms with van der Waals surface area (Å²) in [4.78, 5) is 4.58. The molecule has 2 aromatic carbocycles. The Bertz CT molecular complexity index is 1020. The molecule has 6 heteroatoms. The minimum absolute atomic E-state index is 0.0141. The van der Waals surface area contributed by atoms with Crippen LogP contribution >= 0.6 is 11.6 Å². The van der Waals surface area contributed by atoms with Crippen molar-refractivity contribution < 1.29 is 19.3 Å². The molecule has 4 rings (SSSR count). The van der Waals surface area contributed by atoms with Gasteiger partial charge in [0.15, 0.2) is 11.5 Å². The molecule has 1 aliphatic heterocycles. The van der Waals surface area contributed by atoms with E-state index in [4.69, 9.17) is 25.8 Å². The second kappa shape index (κ2) is 8.41. The first-order chi connectivity index (χ1) is 14.2. The van der Waals surface area contributed by atoms with E-state index in [1.165, 1.54) is 0 Å². The molecule has 0 saturated carbocycles. The van der Waals surface area contributed by atoms with Crippen LogP contribution in [0.25, 0.3) is 11.1 Å². The van der Waals surface area contributed by atoms with E-state index in [0.717, 1.165) is 27.9 Å². The average Bonchev–Trinajstić information content (AvgIpc) is 2.88. The lowest BCUT2D eigenvalue weighted by Gasteiger charge is -2.25. The van der Waals surface area contributed by atoms with Crippen molar-refractivity contribution in [3.63, 3.8) is 0 Å². The number of ether oxygens (including phenoxy) is 3. The number of benzene rings is 2. The monoisotopic (exact) mass is 411 g/mol. The van der Waals surface area contributed by atoms with Gasteiger partial charge in [0.05, 0.1) is 19.9 Å². The summed E-state index contributed by atoms with van der Waals surface area (Å²) in [5.41, 5.74) is 4.51. The Morgan fingerprint density at radius 2 is 1.90 bits per heavy atom. The lowest BCUT2D eigenvalue weighted by atomic mass is 9.92. The van der Waals surface area contributed by atoms with Crippen molar-refractivity contribution >= 4 is 11.6 Å². The largest absolute Gasteiger partial charge is 0.493 e. The Labute approximate surface area is 174 Å². The number of halogens is 1. The quantitative estimate of drug-likeness (QED) is 0.642. The first kappa shape index (κ1) is 19.7. The number of pyridine rings is 1. The lowest BCUT2D eigenvalue weighted by Crippen LogP contribution is -2.13. The third-order valence-electron chi connectivity index (χ3n) is 5.14. The van der Waals surface area contributed by atoms with Crippen molar-refractivity contribution in [3.05, 3.63) is 76.6 Å². The molecular formula is C23H22ClNO4. The molecule has 3 aromatic rings. The highest BCUT2D eigenvalue weighted by molar-refractivity contribution is 6.30. The van der Waals surface area contributed by atoms with Crippen LogP contribution in [0.2, 0.25) is 5.02 Å². The summed E-state index contributed by atoms with van der Waals surface area (Å²) in [5, 5.41) is 10.3. The maximum atomic E-state index is 9.66. The molecule has 0 bridgehead atoms. The van der Waals surface area contributed by atoms with Gasteiger partial charge < -0.3 is 19.3 Å². The Balaban J connectivity index is 1.98. The van der Waals surface area contributed by atoms with Crippen LogP contribution in [0.5, 0.6) is 11.5 Å². The van der Waals surface area contributed by atoms with Gasteiger partial charge in [0.25, 0.3) is 0 Å². The van der Waals surface area contributed by atoms with Crippen molar-refractivity contribution in [2.75, 3.05) is 20.8 Å². The van der Waals surface area contributed by atoms with Crippen molar-refractivity contribution in [2.24, 2.45) is 0 Å². The number of hydrogen-bond acceptors (Lipinski definition) is 5. The van der Waals surface area contributed by atoms with E-state index >= 15 is 0 Å². The van der Waals surface area contributed by atoms with Gasteiger partial charge in [-0.05, 0) is 35.4 Å². The van der Waals surface area contributed by atoms with Gasteiger partial charge in [-0.3, -0.25) is 4.98 Å². The van der Waals surface area contributed by atoms with Gasteiger partial charge in [-0.2, -0.15) is 0 Å². The van der Waals surface area contributed by atoms with Crippen LogP contribution < -0.4 is 9.47 Å². The molecule has 2 atom stereocenters. The molecule has 150 valence electrons. The predicted octanol–water partition coefficient (Wildman–Crippen LogP) is 4.96. The highest BCUT2D eigenvalue weighted by Gasteiger charge is 2.33. The lowest BCUT2D eigenvalue weighted by molar-refractivity contribution is -0.00759. The predicted molar refractivity (Wildman–Crippen MR) is 112 cm³/mol. The molecule has 0 unspecified atom stereocenters. The molecule has 1 aliphatic rings. The SMILES string of the molecule is COc1cccc([C@H]2O[C@@H](CCO)c3ncccc3-c3ccc(Cl)cc32)c1OC. The molecule has 29 heavy (non-hydrogen) atoms. The number of hydrogen-bond donors (Lipinski definition) is 1. The minimum Gasteiger partial charge on any atom is -0.493 e. The zero-order chi connectivity index (χ0) is 20.4. The number of methoxy groups -OCH3 is 2. The molecule has 2 heterocycles. The topological polar surface area (TPSA) is 60.8 Å². The molecular weight excluding hydrogens is 390 g/mol. The maximum Gasteiger partial charge on any atom is 0.166 e. The van der Waals surface area contributed by atoms with Gasteiger partial charge >= 0.3 is 0 Å². The molecule has 0 aliphatic carbocycles. The van der Waals surface area contributed by atoms with Gasteiger partial charge in [0.2, 0.25) is 0 Å². The average molecular weight is 412 g/mol. The van der Waals surface area contributed by atoms with E-state index in [1.807, 2.05) is 48.5 Å². The molecule has 0 saturated heterocycles. The first-order valence-electron chi connectivity index (χ1n) is 9.39. The summed E-state index contributed by atoms with van der Waals surface area (Å²) in [6.45, 7) is -0.0141. The summed E-state index contributed by atoms with van der Waals surface area (Å²) in [5.74, 6) is 1.23. The highest BCUT2D eigenvalue weighted by atomic mass is 35.5. The molecule has 0 amide bonds. The summed E-state index contributed by atoms with van der Waals surface area (Å²) < 4.78 is 17.7. The summed E-state index contributed by atoms with van der Waals surface area (Å²) >= 11 is 6.37. The number of para-hydroxylation sites is 1. The number of aromatic nitrogens is 1. The van der Waals surface area contributed by atoms with Crippen LogP contribution in [0.3, 0.4) is 0 Å². The van der Waals surface area contributed by atoms with Crippen molar-refractivity contribution in [1.29, 1.82) is 0 Å². The number of nitrogens with zero attached hydrogens (tertiary/aromatic N) is 1. The van der Waals surface area contributed by atoms with Crippen molar-refractivity contribution in [2.45, 2.75) is 18.6 Å². The van der Waals surface area contributed by atoms with Crippen LogP contribution in [0.4, 0.5) is 0 Å². The normalized spacial score (nSPS) is 17.8. The molecule has 1 aromatic heterocycles. The molecule has 5 nitrogen and oxygen atoms in total. The molecule has 0 fully saturated rings. The van der Waals surface area contributed by atoms with Gasteiger partial charge in [-0.1, -0.05) is 35.9 Å². The summed E-state index contributed by atoms with van der Waals surface area (Å²) in [6, 6.07) is 15.4. The zero-order valence-corrected chi connectivity index (χ0v) is 17.0. The van der Waals surface area contributed by atoms with Crippen molar-refractivity contribution in [3.8, 4) is 22.6 Å². The molecule has 0 radical (unpaired) electrons. The van der Waals surface area contributed by atoms with Gasteiger partial charge in [0, 0.05) is 35.4 Å². The van der Waals surface area contributed by atoms with Gasteiger partial charge in [-0.15, -0.1) is 0 Å². The molecule has 1 N–H and O–H groups in total. The van der Waals surface area contributed by atoms with Crippen LogP contribution in [-0.2, 0) is 4.74 Å². The maximum absolute atomic E-state index is 9.66. The number of aliphatic hydroxyl groups is 1. The van der Waals surface area contributed by atoms with E-state index < -0.39 is 6.10 Å². The Morgan fingerprint density at radius 3 is 2.66 bits per heavy atom. The van der Waals surface area contributed by atoms with E-state index in [-0.39, 0.29) is 12.7 Å². The fourth-order valence-corrected chi connectivity index (χ4v) is 4.06. The highest BCUT2D eigenvalue weighted by Crippen LogP contribution is 2.48. The second-order valence-electron chi connectivity index (χ2n) is 6.77. The van der Waals surface area contributed by atoms with Crippen LogP contribution in [0.1, 0.15) is 35.4 Å². The third-order valence-corrected chi connectivity index (χ3v) is 5.37. The van der Waals surface area contributed by atoms with E-state index in [9.17, 15) is 5.11 Å². The van der Waals surface area contributed by atoms with Crippen LogP contribution in [0, 0.1) is 0 Å². The van der Waals surface area contributed by atoms with Crippen molar-refractivity contribution in [1.82, 2.24) is 4.98 Å². The zero-order valence-electron chi connectivity index (χ0n) is 16.3. The Kier molecular flexibility index (Phi) is 5.72. The van der Waals surface area contributed by atoms with Gasteiger partial charge in [0.1, 0.15) is 12.2 Å².